The Hall–Kier alpha value is -4.76. The van der Waals surface area contributed by atoms with Crippen LogP contribution in [0.15, 0.2) is 65.6 Å². The maximum absolute atomic E-state index is 12.7. The van der Waals surface area contributed by atoms with Gasteiger partial charge in [-0.3, -0.25) is 24.9 Å². The molecule has 0 aliphatic rings. The number of thiazole rings is 1. The Labute approximate surface area is 218 Å². The van der Waals surface area contributed by atoms with Crippen molar-refractivity contribution in [3.05, 3.63) is 76.3 Å². The van der Waals surface area contributed by atoms with Crippen molar-refractivity contribution in [1.29, 1.82) is 0 Å². The predicted molar refractivity (Wildman–Crippen MR) is 137 cm³/mol. The molecule has 0 spiro atoms. The number of fused-ring (bicyclic) bond motifs is 1. The van der Waals surface area contributed by atoms with E-state index in [-0.39, 0.29) is 16.5 Å². The molecule has 0 bridgehead atoms. The van der Waals surface area contributed by atoms with Crippen LogP contribution in [0.1, 0.15) is 10.4 Å². The Balaban J connectivity index is 1.41. The largest absolute Gasteiger partial charge is 0.507 e. The lowest BCUT2D eigenvalue weighted by Gasteiger charge is -2.11. The lowest BCUT2D eigenvalue weighted by molar-refractivity contribution is -0.384. The summed E-state index contributed by atoms with van der Waals surface area (Å²) in [4.78, 5) is 38.8. The molecule has 0 aliphatic heterocycles. The molecule has 1 amide bonds. The van der Waals surface area contributed by atoms with Crippen molar-refractivity contribution in [2.75, 3.05) is 23.8 Å². The minimum absolute atomic E-state index is 0.0396. The monoisotopic (exact) mass is 558 g/mol. The smallest absolute Gasteiger partial charge is 0.342 e. The summed E-state index contributed by atoms with van der Waals surface area (Å²) in [7, 11) is -2.72. The zero-order chi connectivity index (χ0) is 27.4. The number of sulfonamides is 1. The number of esters is 1. The highest BCUT2D eigenvalue weighted by molar-refractivity contribution is 7.92. The molecule has 0 unspecified atom stereocenters. The number of methoxy groups -OCH3 is 1. The van der Waals surface area contributed by atoms with E-state index in [1.807, 2.05) is 0 Å². The maximum atomic E-state index is 12.7. The number of anilines is 2. The molecule has 4 rings (SSSR count). The predicted octanol–water partition coefficient (Wildman–Crippen LogP) is 3.52. The summed E-state index contributed by atoms with van der Waals surface area (Å²) in [6, 6.07) is 12.7. The first-order valence-corrected chi connectivity index (χ1v) is 12.9. The normalized spacial score (nSPS) is 11.1. The molecule has 0 fully saturated rings. The van der Waals surface area contributed by atoms with Crippen molar-refractivity contribution in [3.8, 4) is 11.5 Å². The van der Waals surface area contributed by atoms with Gasteiger partial charge in [0.2, 0.25) is 0 Å². The second kappa shape index (κ2) is 10.7. The third-order valence-electron chi connectivity index (χ3n) is 5.00. The lowest BCUT2D eigenvalue weighted by Crippen LogP contribution is -2.21. The maximum Gasteiger partial charge on any atom is 0.342 e. The van der Waals surface area contributed by atoms with Crippen LogP contribution in [0.25, 0.3) is 10.2 Å². The Kier molecular flexibility index (Phi) is 7.40. The van der Waals surface area contributed by atoms with Gasteiger partial charge in [-0.1, -0.05) is 11.3 Å². The molecule has 0 saturated heterocycles. The van der Waals surface area contributed by atoms with E-state index in [0.717, 1.165) is 35.0 Å². The van der Waals surface area contributed by atoms with Crippen molar-refractivity contribution in [2.45, 2.75) is 4.90 Å². The number of aromatic nitrogens is 1. The number of phenols is 1. The molecule has 4 aromatic rings. The number of ether oxygens (including phenoxy) is 2. The summed E-state index contributed by atoms with van der Waals surface area (Å²) >= 11 is 1.19. The van der Waals surface area contributed by atoms with Gasteiger partial charge in [0, 0.05) is 17.8 Å². The van der Waals surface area contributed by atoms with E-state index in [9.17, 15) is 33.2 Å². The van der Waals surface area contributed by atoms with Gasteiger partial charge in [0.15, 0.2) is 11.7 Å². The third kappa shape index (κ3) is 5.96. The Morgan fingerprint density at radius 3 is 2.53 bits per heavy atom. The number of nitrogens with one attached hydrogen (secondary N) is 2. The first-order chi connectivity index (χ1) is 18.1. The number of carbonyl (C=O) groups is 2. The molecule has 0 radical (unpaired) electrons. The van der Waals surface area contributed by atoms with Gasteiger partial charge in [-0.05, 0) is 48.5 Å². The van der Waals surface area contributed by atoms with Crippen LogP contribution in [0.2, 0.25) is 0 Å². The highest BCUT2D eigenvalue weighted by Gasteiger charge is 2.21. The Bertz CT molecular complexity index is 1650. The van der Waals surface area contributed by atoms with Crippen LogP contribution >= 0.6 is 11.3 Å². The van der Waals surface area contributed by atoms with Crippen molar-refractivity contribution < 1.29 is 37.5 Å². The topological polar surface area (TPSA) is 187 Å². The number of hydrogen-bond donors (Lipinski definition) is 3. The van der Waals surface area contributed by atoms with Crippen LogP contribution < -0.4 is 14.8 Å². The van der Waals surface area contributed by atoms with Gasteiger partial charge in [0.25, 0.3) is 21.6 Å². The number of carbonyl (C=O) groups excluding carboxylic acids is 2. The second-order valence-electron chi connectivity index (χ2n) is 7.57. The average Bonchev–Trinajstić information content (AvgIpc) is 3.28. The number of phenolic OH excluding ortho intramolecular Hbond substituents is 1. The summed E-state index contributed by atoms with van der Waals surface area (Å²) < 4.78 is 38.5. The van der Waals surface area contributed by atoms with E-state index in [2.05, 4.69) is 15.0 Å². The van der Waals surface area contributed by atoms with E-state index in [1.54, 1.807) is 18.2 Å². The molecular weight excluding hydrogens is 540 g/mol. The number of nitro benzene ring substituents is 1. The zero-order valence-electron chi connectivity index (χ0n) is 19.4. The first-order valence-electron chi connectivity index (χ1n) is 10.6. The van der Waals surface area contributed by atoms with Crippen LogP contribution in [0.3, 0.4) is 0 Å². The molecule has 1 aromatic heterocycles. The average molecular weight is 559 g/mol. The molecule has 1 heterocycles. The molecular formula is C23H18N4O9S2. The summed E-state index contributed by atoms with van der Waals surface area (Å²) in [5, 5.41) is 23.6. The van der Waals surface area contributed by atoms with Crippen molar-refractivity contribution in [1.82, 2.24) is 4.98 Å². The van der Waals surface area contributed by atoms with Gasteiger partial charge in [0.1, 0.15) is 17.1 Å². The number of benzene rings is 3. The SMILES string of the molecule is COc1ccc2nc(NC(=O)COC(=O)c3cc(S(=O)(=O)Nc4ccc([N+](=O)[O-])cc4)ccc3O)sc2c1. The third-order valence-corrected chi connectivity index (χ3v) is 7.32. The number of rotatable bonds is 9. The quantitative estimate of drug-likeness (QED) is 0.156. The van der Waals surface area contributed by atoms with Gasteiger partial charge >= 0.3 is 5.97 Å². The fraction of sp³-hybridized carbons (Fsp3) is 0.0870. The van der Waals surface area contributed by atoms with Crippen molar-refractivity contribution >= 4 is 60.0 Å². The van der Waals surface area contributed by atoms with E-state index >= 15 is 0 Å². The molecule has 0 saturated carbocycles. The minimum atomic E-state index is -4.24. The second-order valence-corrected chi connectivity index (χ2v) is 10.3. The van der Waals surface area contributed by atoms with Crippen LogP contribution in [0.4, 0.5) is 16.5 Å². The molecule has 3 aromatic carbocycles. The van der Waals surface area contributed by atoms with Crippen LogP contribution in [0, 0.1) is 10.1 Å². The number of aromatic hydroxyl groups is 1. The summed E-state index contributed by atoms with van der Waals surface area (Å²) in [6.07, 6.45) is 0. The van der Waals surface area contributed by atoms with Gasteiger partial charge in [0.05, 0.1) is 27.1 Å². The number of nitrogens with zero attached hydrogens (tertiary/aromatic N) is 2. The van der Waals surface area contributed by atoms with Crippen molar-refractivity contribution in [3.63, 3.8) is 0 Å². The van der Waals surface area contributed by atoms with E-state index in [4.69, 9.17) is 9.47 Å². The number of amides is 1. The number of hydrogen-bond acceptors (Lipinski definition) is 11. The molecule has 38 heavy (non-hydrogen) atoms. The van der Waals surface area contributed by atoms with Crippen LogP contribution in [-0.2, 0) is 19.6 Å². The molecule has 196 valence electrons. The Morgan fingerprint density at radius 2 is 1.84 bits per heavy atom. The summed E-state index contributed by atoms with van der Waals surface area (Å²) in [5.41, 5.74) is -0.0439. The van der Waals surface area contributed by atoms with Gasteiger partial charge in [-0.2, -0.15) is 0 Å². The molecule has 3 N–H and O–H groups in total. The molecule has 15 heteroatoms. The Morgan fingerprint density at radius 1 is 1.11 bits per heavy atom. The summed E-state index contributed by atoms with van der Waals surface area (Å²) in [6.45, 7) is -0.727. The van der Waals surface area contributed by atoms with Gasteiger partial charge in [-0.15, -0.1) is 0 Å². The molecule has 0 aliphatic carbocycles. The fourth-order valence-electron chi connectivity index (χ4n) is 3.16. The van der Waals surface area contributed by atoms with Gasteiger partial charge in [-0.25, -0.2) is 18.2 Å². The van der Waals surface area contributed by atoms with E-state index in [1.165, 1.54) is 30.6 Å². The zero-order valence-corrected chi connectivity index (χ0v) is 21.0. The lowest BCUT2D eigenvalue weighted by atomic mass is 10.2. The highest BCUT2D eigenvalue weighted by atomic mass is 32.2. The van der Waals surface area contributed by atoms with Crippen LogP contribution in [-0.4, -0.2) is 49.0 Å². The summed E-state index contributed by atoms with van der Waals surface area (Å²) in [5.74, 6) is -1.78. The van der Waals surface area contributed by atoms with Crippen molar-refractivity contribution in [2.24, 2.45) is 0 Å². The standard InChI is InChI=1S/C23H18N4O9S2/c1-35-15-6-8-18-20(10-15)37-23(24-18)25-21(29)12-36-22(30)17-11-16(7-9-19(17)28)38(33,34)26-13-2-4-14(5-3-13)27(31)32/h2-11,26,28H,12H2,1H3,(H,24,25,29). The molecule has 13 nitrogen and oxygen atoms in total. The highest BCUT2D eigenvalue weighted by Crippen LogP contribution is 2.29. The minimum Gasteiger partial charge on any atom is -0.507 e. The number of nitro groups is 1. The van der Waals surface area contributed by atoms with E-state index < -0.39 is 49.6 Å². The van der Waals surface area contributed by atoms with E-state index in [0.29, 0.717) is 11.3 Å². The number of non-ortho nitro benzene ring substituents is 1. The van der Waals surface area contributed by atoms with Gasteiger partial charge < -0.3 is 14.6 Å². The molecule has 0 atom stereocenters. The first kappa shape index (κ1) is 26.3. The van der Waals surface area contributed by atoms with Crippen LogP contribution in [0.5, 0.6) is 11.5 Å². The fourth-order valence-corrected chi connectivity index (χ4v) is 5.16.